The molecular formula is C15H15BrOS. The van der Waals surface area contributed by atoms with Gasteiger partial charge in [-0.1, -0.05) is 32.0 Å². The number of Topliss-reactive ketones (excluding diaryl/α,β-unsaturated/α-hetero) is 1. The van der Waals surface area contributed by atoms with Gasteiger partial charge in [-0.3, -0.25) is 4.79 Å². The van der Waals surface area contributed by atoms with Gasteiger partial charge in [0.25, 0.3) is 0 Å². The molecule has 3 heteroatoms. The lowest BCUT2D eigenvalue weighted by molar-refractivity contribution is 0.0943. The SMILES string of the molecule is Cc1cccc(-c2ccc(C(=O)C(C)C)s2)c1Br. The Labute approximate surface area is 120 Å². The Morgan fingerprint density at radius 1 is 1.22 bits per heavy atom. The molecule has 0 spiro atoms. The molecule has 1 aromatic heterocycles. The summed E-state index contributed by atoms with van der Waals surface area (Å²) in [4.78, 5) is 13.9. The molecule has 0 aliphatic rings. The van der Waals surface area contributed by atoms with Crippen LogP contribution in [0.5, 0.6) is 0 Å². The highest BCUT2D eigenvalue weighted by molar-refractivity contribution is 9.10. The van der Waals surface area contributed by atoms with E-state index in [0.29, 0.717) is 0 Å². The molecule has 0 unspecified atom stereocenters. The van der Waals surface area contributed by atoms with Crippen LogP contribution in [-0.4, -0.2) is 5.78 Å². The molecule has 94 valence electrons. The number of carbonyl (C=O) groups is 1. The summed E-state index contributed by atoms with van der Waals surface area (Å²) in [5.41, 5.74) is 2.36. The fraction of sp³-hybridized carbons (Fsp3) is 0.267. The van der Waals surface area contributed by atoms with Crippen LogP contribution in [0.1, 0.15) is 29.1 Å². The number of hydrogen-bond donors (Lipinski definition) is 0. The zero-order chi connectivity index (χ0) is 13.3. The summed E-state index contributed by atoms with van der Waals surface area (Å²) in [7, 11) is 0. The van der Waals surface area contributed by atoms with Crippen LogP contribution in [0.25, 0.3) is 10.4 Å². The normalized spacial score (nSPS) is 10.9. The zero-order valence-electron chi connectivity index (χ0n) is 10.7. The van der Waals surface area contributed by atoms with Crippen LogP contribution in [-0.2, 0) is 0 Å². The van der Waals surface area contributed by atoms with E-state index in [1.807, 2.05) is 32.0 Å². The van der Waals surface area contributed by atoms with Gasteiger partial charge in [0.1, 0.15) is 0 Å². The molecule has 0 N–H and O–H groups in total. The molecule has 0 atom stereocenters. The Morgan fingerprint density at radius 3 is 2.61 bits per heavy atom. The van der Waals surface area contributed by atoms with Crippen molar-refractivity contribution in [2.75, 3.05) is 0 Å². The van der Waals surface area contributed by atoms with Crippen LogP contribution in [0.4, 0.5) is 0 Å². The summed E-state index contributed by atoms with van der Waals surface area (Å²) >= 11 is 5.18. The van der Waals surface area contributed by atoms with Gasteiger partial charge >= 0.3 is 0 Å². The lowest BCUT2D eigenvalue weighted by atomic mass is 10.1. The summed E-state index contributed by atoms with van der Waals surface area (Å²) in [5, 5.41) is 0. The minimum atomic E-state index is 0.0532. The second-order valence-electron chi connectivity index (χ2n) is 4.62. The highest BCUT2D eigenvalue weighted by Gasteiger charge is 2.14. The Morgan fingerprint density at radius 2 is 1.94 bits per heavy atom. The van der Waals surface area contributed by atoms with Crippen molar-refractivity contribution in [2.45, 2.75) is 20.8 Å². The van der Waals surface area contributed by atoms with Crippen molar-refractivity contribution in [1.82, 2.24) is 0 Å². The van der Waals surface area contributed by atoms with E-state index < -0.39 is 0 Å². The number of carbonyl (C=O) groups excluding carboxylic acids is 1. The van der Waals surface area contributed by atoms with E-state index in [0.717, 1.165) is 19.8 Å². The molecule has 0 aliphatic carbocycles. The molecule has 0 fully saturated rings. The second-order valence-corrected chi connectivity index (χ2v) is 6.50. The largest absolute Gasteiger partial charge is 0.293 e. The van der Waals surface area contributed by atoms with Gasteiger partial charge in [-0.15, -0.1) is 11.3 Å². The first kappa shape index (κ1) is 13.5. The number of hydrogen-bond acceptors (Lipinski definition) is 2. The van der Waals surface area contributed by atoms with Crippen LogP contribution in [0.15, 0.2) is 34.8 Å². The lowest BCUT2D eigenvalue weighted by Crippen LogP contribution is -2.04. The molecular weight excluding hydrogens is 308 g/mol. The molecule has 2 rings (SSSR count). The quantitative estimate of drug-likeness (QED) is 0.698. The average Bonchev–Trinajstić information content (AvgIpc) is 2.80. The third kappa shape index (κ3) is 2.57. The number of aryl methyl sites for hydroxylation is 1. The molecule has 0 bridgehead atoms. The summed E-state index contributed by atoms with van der Waals surface area (Å²) in [6.45, 7) is 5.94. The maximum atomic E-state index is 11.9. The topological polar surface area (TPSA) is 17.1 Å². The van der Waals surface area contributed by atoms with E-state index in [9.17, 15) is 4.79 Å². The van der Waals surface area contributed by atoms with Crippen molar-refractivity contribution in [2.24, 2.45) is 5.92 Å². The van der Waals surface area contributed by atoms with Gasteiger partial charge in [-0.05, 0) is 40.5 Å². The van der Waals surface area contributed by atoms with Gasteiger partial charge in [0.15, 0.2) is 5.78 Å². The predicted molar refractivity (Wildman–Crippen MR) is 81.4 cm³/mol. The van der Waals surface area contributed by atoms with Gasteiger partial charge in [0.2, 0.25) is 0 Å². The Bertz CT molecular complexity index is 584. The molecule has 0 saturated heterocycles. The van der Waals surface area contributed by atoms with Gasteiger partial charge in [-0.25, -0.2) is 0 Å². The number of ketones is 1. The second kappa shape index (κ2) is 5.37. The van der Waals surface area contributed by atoms with Crippen LogP contribution >= 0.6 is 27.3 Å². The first-order valence-corrected chi connectivity index (χ1v) is 7.51. The molecule has 1 heterocycles. The molecule has 0 aliphatic heterocycles. The fourth-order valence-electron chi connectivity index (χ4n) is 1.74. The van der Waals surface area contributed by atoms with Crippen LogP contribution in [0.2, 0.25) is 0 Å². The maximum absolute atomic E-state index is 11.9. The van der Waals surface area contributed by atoms with Gasteiger partial charge in [-0.2, -0.15) is 0 Å². The van der Waals surface area contributed by atoms with E-state index in [4.69, 9.17) is 0 Å². The van der Waals surface area contributed by atoms with Crippen LogP contribution in [0, 0.1) is 12.8 Å². The molecule has 2 aromatic rings. The minimum absolute atomic E-state index is 0.0532. The fourth-order valence-corrected chi connectivity index (χ4v) is 3.47. The van der Waals surface area contributed by atoms with Crippen molar-refractivity contribution < 1.29 is 4.79 Å². The van der Waals surface area contributed by atoms with Crippen molar-refractivity contribution in [3.63, 3.8) is 0 Å². The summed E-state index contributed by atoms with van der Waals surface area (Å²) < 4.78 is 1.11. The number of rotatable bonds is 3. The van der Waals surface area contributed by atoms with Crippen molar-refractivity contribution >= 4 is 33.0 Å². The number of benzene rings is 1. The summed E-state index contributed by atoms with van der Waals surface area (Å²) in [6.07, 6.45) is 0. The first-order chi connectivity index (χ1) is 8.50. The molecule has 0 amide bonds. The van der Waals surface area contributed by atoms with Crippen molar-refractivity contribution in [3.05, 3.63) is 45.2 Å². The highest BCUT2D eigenvalue weighted by Crippen LogP contribution is 2.35. The molecule has 1 nitrogen and oxygen atoms in total. The van der Waals surface area contributed by atoms with Gasteiger partial charge in [0.05, 0.1) is 4.88 Å². The summed E-state index contributed by atoms with van der Waals surface area (Å²) in [5.74, 6) is 0.271. The van der Waals surface area contributed by atoms with Gasteiger partial charge in [0, 0.05) is 20.8 Å². The first-order valence-electron chi connectivity index (χ1n) is 5.90. The monoisotopic (exact) mass is 322 g/mol. The van der Waals surface area contributed by atoms with E-state index in [1.54, 1.807) is 11.3 Å². The van der Waals surface area contributed by atoms with Crippen molar-refractivity contribution in [3.8, 4) is 10.4 Å². The van der Waals surface area contributed by atoms with E-state index >= 15 is 0 Å². The Balaban J connectivity index is 2.41. The molecule has 18 heavy (non-hydrogen) atoms. The zero-order valence-corrected chi connectivity index (χ0v) is 13.1. The van der Waals surface area contributed by atoms with Gasteiger partial charge < -0.3 is 0 Å². The Kier molecular flexibility index (Phi) is 4.03. The van der Waals surface area contributed by atoms with E-state index in [-0.39, 0.29) is 11.7 Å². The number of halogens is 1. The van der Waals surface area contributed by atoms with E-state index in [2.05, 4.69) is 35.0 Å². The third-order valence-electron chi connectivity index (χ3n) is 2.83. The predicted octanol–water partition coefficient (Wildman–Crippen LogP) is 5.32. The van der Waals surface area contributed by atoms with Crippen LogP contribution in [0.3, 0.4) is 0 Å². The minimum Gasteiger partial charge on any atom is -0.293 e. The average molecular weight is 323 g/mol. The Hall–Kier alpha value is -0.930. The van der Waals surface area contributed by atoms with Crippen LogP contribution < -0.4 is 0 Å². The molecule has 0 saturated carbocycles. The third-order valence-corrected chi connectivity index (χ3v) is 5.02. The molecule has 1 aromatic carbocycles. The standard InChI is InChI=1S/C15H15BrOS/c1-9(2)15(17)13-8-7-12(18-13)11-6-4-5-10(3)14(11)16/h4-9H,1-3H3. The lowest BCUT2D eigenvalue weighted by Gasteiger charge is -2.04. The number of thiophene rings is 1. The smallest absolute Gasteiger partial charge is 0.175 e. The van der Waals surface area contributed by atoms with Crippen molar-refractivity contribution in [1.29, 1.82) is 0 Å². The maximum Gasteiger partial charge on any atom is 0.175 e. The highest BCUT2D eigenvalue weighted by atomic mass is 79.9. The van der Waals surface area contributed by atoms with E-state index in [1.165, 1.54) is 5.56 Å². The molecule has 0 radical (unpaired) electrons. The summed E-state index contributed by atoms with van der Waals surface area (Å²) in [6, 6.07) is 10.1.